The van der Waals surface area contributed by atoms with E-state index in [4.69, 9.17) is 16.0 Å². The van der Waals surface area contributed by atoms with Crippen molar-refractivity contribution in [2.24, 2.45) is 0 Å². The highest BCUT2D eigenvalue weighted by Gasteiger charge is 2.21. The molecule has 7 heteroatoms. The Morgan fingerprint density at radius 2 is 1.93 bits per heavy atom. The van der Waals surface area contributed by atoms with E-state index in [-0.39, 0.29) is 12.5 Å². The van der Waals surface area contributed by atoms with Crippen LogP contribution in [0.25, 0.3) is 21.5 Å². The van der Waals surface area contributed by atoms with Crippen LogP contribution in [0.1, 0.15) is 28.9 Å². The third-order valence-corrected chi connectivity index (χ3v) is 5.75. The molecule has 0 bridgehead atoms. The van der Waals surface area contributed by atoms with Crippen molar-refractivity contribution in [3.63, 3.8) is 0 Å². The molecule has 0 aliphatic rings. The summed E-state index contributed by atoms with van der Waals surface area (Å²) in [5.41, 5.74) is 0.681. The molecule has 0 fully saturated rings. The minimum atomic E-state index is -0.0273. The van der Waals surface area contributed by atoms with E-state index in [0.717, 1.165) is 16.5 Å². The number of aromatic nitrogens is 2. The van der Waals surface area contributed by atoms with Gasteiger partial charge in [-0.15, -0.1) is 21.5 Å². The quantitative estimate of drug-likeness (QED) is 0.411. The highest BCUT2D eigenvalue weighted by atomic mass is 35.5. The zero-order valence-electron chi connectivity index (χ0n) is 15.3. The number of carbonyl (C=O) groups is 1. The molecule has 28 heavy (non-hydrogen) atoms. The van der Waals surface area contributed by atoms with Crippen molar-refractivity contribution in [2.45, 2.75) is 19.9 Å². The van der Waals surface area contributed by atoms with Gasteiger partial charge in [0.05, 0.1) is 22.0 Å². The lowest BCUT2D eigenvalue weighted by molar-refractivity contribution is 0.0733. The number of benzene rings is 2. The maximum atomic E-state index is 13.1. The second-order valence-corrected chi connectivity index (χ2v) is 7.85. The van der Waals surface area contributed by atoms with Gasteiger partial charge in [0, 0.05) is 11.2 Å². The van der Waals surface area contributed by atoms with Crippen LogP contribution in [0.2, 0.25) is 5.02 Å². The van der Waals surface area contributed by atoms with Crippen molar-refractivity contribution in [2.75, 3.05) is 6.54 Å². The predicted octanol–water partition coefficient (Wildman–Crippen LogP) is 5.66. The molecule has 5 nitrogen and oxygen atoms in total. The van der Waals surface area contributed by atoms with Gasteiger partial charge >= 0.3 is 0 Å². The van der Waals surface area contributed by atoms with Crippen molar-refractivity contribution in [1.29, 1.82) is 0 Å². The molecular formula is C21H18ClN3O2S. The van der Waals surface area contributed by atoms with Crippen molar-refractivity contribution >= 4 is 38.9 Å². The second-order valence-electron chi connectivity index (χ2n) is 6.36. The monoisotopic (exact) mass is 411 g/mol. The number of amides is 1. The molecule has 0 atom stereocenters. The Labute approximate surface area is 171 Å². The molecule has 0 saturated carbocycles. The molecule has 1 amide bonds. The van der Waals surface area contributed by atoms with Gasteiger partial charge in [-0.1, -0.05) is 48.9 Å². The normalized spacial score (nSPS) is 11.1. The molecule has 2 aromatic carbocycles. The molecule has 2 aromatic heterocycles. The van der Waals surface area contributed by atoms with Crippen LogP contribution in [0, 0.1) is 0 Å². The molecule has 0 spiro atoms. The largest absolute Gasteiger partial charge is 0.419 e. The summed E-state index contributed by atoms with van der Waals surface area (Å²) in [6, 6.07) is 17.2. The van der Waals surface area contributed by atoms with Crippen molar-refractivity contribution in [3.8, 4) is 11.5 Å². The molecule has 0 aliphatic carbocycles. The Morgan fingerprint density at radius 1 is 1.14 bits per heavy atom. The second kappa shape index (κ2) is 8.12. The molecule has 4 rings (SSSR count). The van der Waals surface area contributed by atoms with Gasteiger partial charge in [-0.05, 0) is 36.1 Å². The Bertz CT molecular complexity index is 1090. The standard InChI is InChI=1S/C21H18ClN3O2S/c1-2-11-25(21(26)18-12-14-7-3-6-10-17(14)28-18)13-19-23-24-20(27-19)15-8-4-5-9-16(15)22/h3-10,12H,2,11,13H2,1H3. The highest BCUT2D eigenvalue weighted by Crippen LogP contribution is 2.28. The van der Waals surface area contributed by atoms with E-state index >= 15 is 0 Å². The maximum Gasteiger partial charge on any atom is 0.264 e. The summed E-state index contributed by atoms with van der Waals surface area (Å²) >= 11 is 7.70. The van der Waals surface area contributed by atoms with Gasteiger partial charge in [0.1, 0.15) is 0 Å². The Balaban J connectivity index is 1.57. The first kappa shape index (κ1) is 18.7. The summed E-state index contributed by atoms with van der Waals surface area (Å²) in [6.45, 7) is 2.91. The van der Waals surface area contributed by atoms with Crippen LogP contribution in [0.3, 0.4) is 0 Å². The Hall–Kier alpha value is -2.70. The van der Waals surface area contributed by atoms with Crippen molar-refractivity contribution in [3.05, 3.63) is 70.4 Å². The summed E-state index contributed by atoms with van der Waals surface area (Å²) in [5.74, 6) is 0.713. The van der Waals surface area contributed by atoms with Crippen LogP contribution < -0.4 is 0 Å². The van der Waals surface area contributed by atoms with E-state index < -0.39 is 0 Å². The lowest BCUT2D eigenvalue weighted by Gasteiger charge is -2.19. The van der Waals surface area contributed by atoms with Gasteiger partial charge in [0.15, 0.2) is 0 Å². The van der Waals surface area contributed by atoms with Gasteiger partial charge in [0.2, 0.25) is 11.8 Å². The van der Waals surface area contributed by atoms with Crippen LogP contribution >= 0.6 is 22.9 Å². The number of halogens is 1. The first-order chi connectivity index (χ1) is 13.7. The average Bonchev–Trinajstić information content (AvgIpc) is 3.34. The zero-order chi connectivity index (χ0) is 19.5. The summed E-state index contributed by atoms with van der Waals surface area (Å²) in [4.78, 5) is 15.5. The lowest BCUT2D eigenvalue weighted by Crippen LogP contribution is -2.30. The molecule has 142 valence electrons. The fourth-order valence-electron chi connectivity index (χ4n) is 2.99. The van der Waals surface area contributed by atoms with E-state index in [1.807, 2.05) is 55.5 Å². The third kappa shape index (κ3) is 3.79. The lowest BCUT2D eigenvalue weighted by atomic mass is 10.2. The summed E-state index contributed by atoms with van der Waals surface area (Å²) in [6.07, 6.45) is 0.835. The number of hydrogen-bond donors (Lipinski definition) is 0. The fraction of sp³-hybridized carbons (Fsp3) is 0.190. The van der Waals surface area contributed by atoms with E-state index in [0.29, 0.717) is 33.8 Å². The molecule has 2 heterocycles. The summed E-state index contributed by atoms with van der Waals surface area (Å²) < 4.78 is 6.87. The highest BCUT2D eigenvalue weighted by molar-refractivity contribution is 7.20. The van der Waals surface area contributed by atoms with Crippen LogP contribution in [-0.4, -0.2) is 27.5 Å². The fourth-order valence-corrected chi connectivity index (χ4v) is 4.24. The van der Waals surface area contributed by atoms with Gasteiger partial charge < -0.3 is 9.32 Å². The molecule has 0 radical (unpaired) electrons. The number of fused-ring (bicyclic) bond motifs is 1. The van der Waals surface area contributed by atoms with Crippen LogP contribution in [0.15, 0.2) is 59.0 Å². The zero-order valence-corrected chi connectivity index (χ0v) is 16.8. The number of thiophene rings is 1. The van der Waals surface area contributed by atoms with E-state index in [1.165, 1.54) is 11.3 Å². The van der Waals surface area contributed by atoms with E-state index in [2.05, 4.69) is 10.2 Å². The van der Waals surface area contributed by atoms with Crippen molar-refractivity contribution in [1.82, 2.24) is 15.1 Å². The maximum absolute atomic E-state index is 13.1. The number of rotatable bonds is 6. The minimum absolute atomic E-state index is 0.0273. The third-order valence-electron chi connectivity index (χ3n) is 4.31. The van der Waals surface area contributed by atoms with Crippen LogP contribution in [0.4, 0.5) is 0 Å². The van der Waals surface area contributed by atoms with E-state index in [9.17, 15) is 4.79 Å². The SMILES string of the molecule is CCCN(Cc1nnc(-c2ccccc2Cl)o1)C(=O)c1cc2ccccc2s1. The van der Waals surface area contributed by atoms with Gasteiger partial charge in [-0.3, -0.25) is 4.79 Å². The van der Waals surface area contributed by atoms with Crippen LogP contribution in [-0.2, 0) is 6.54 Å². The van der Waals surface area contributed by atoms with E-state index in [1.54, 1.807) is 11.0 Å². The Kier molecular flexibility index (Phi) is 5.41. The Morgan fingerprint density at radius 3 is 2.71 bits per heavy atom. The summed E-state index contributed by atoms with van der Waals surface area (Å²) in [7, 11) is 0. The molecular weight excluding hydrogens is 394 g/mol. The minimum Gasteiger partial charge on any atom is -0.419 e. The molecule has 0 saturated heterocycles. The van der Waals surface area contributed by atoms with Gasteiger partial charge in [-0.25, -0.2) is 0 Å². The number of carbonyl (C=O) groups excluding carboxylic acids is 1. The first-order valence-corrected chi connectivity index (χ1v) is 10.2. The predicted molar refractivity (Wildman–Crippen MR) is 112 cm³/mol. The number of nitrogens with zero attached hydrogens (tertiary/aromatic N) is 3. The van der Waals surface area contributed by atoms with Crippen molar-refractivity contribution < 1.29 is 9.21 Å². The smallest absolute Gasteiger partial charge is 0.264 e. The van der Waals surface area contributed by atoms with Crippen LogP contribution in [0.5, 0.6) is 0 Å². The van der Waals surface area contributed by atoms with Gasteiger partial charge in [0.25, 0.3) is 5.91 Å². The average molecular weight is 412 g/mol. The molecule has 0 N–H and O–H groups in total. The van der Waals surface area contributed by atoms with Gasteiger partial charge in [-0.2, -0.15) is 0 Å². The number of hydrogen-bond acceptors (Lipinski definition) is 5. The molecule has 4 aromatic rings. The molecule has 0 unspecified atom stereocenters. The molecule has 0 aliphatic heterocycles. The summed E-state index contributed by atoms with van der Waals surface area (Å²) in [5, 5.41) is 9.82. The topological polar surface area (TPSA) is 59.2 Å². The first-order valence-electron chi connectivity index (χ1n) is 9.01.